The molecule has 26 heavy (non-hydrogen) atoms. The van der Waals surface area contributed by atoms with Gasteiger partial charge in [0.25, 0.3) is 0 Å². The summed E-state index contributed by atoms with van der Waals surface area (Å²) < 4.78 is 12.2. The lowest BCUT2D eigenvalue weighted by molar-refractivity contribution is 0.422. The van der Waals surface area contributed by atoms with E-state index in [-0.39, 0.29) is 5.75 Å². The summed E-state index contributed by atoms with van der Waals surface area (Å²) in [5, 5.41) is 10.6. The molecular formula is C23H22O3. The predicted octanol–water partition coefficient (Wildman–Crippen LogP) is 6.27. The molecule has 0 aromatic heterocycles. The van der Waals surface area contributed by atoms with Gasteiger partial charge in [-0.05, 0) is 37.1 Å². The molecule has 3 aromatic carbocycles. The van der Waals surface area contributed by atoms with Gasteiger partial charge in [-0.2, -0.15) is 0 Å². The largest absolute Gasteiger partial charge is 0.507 e. The lowest BCUT2D eigenvalue weighted by atomic mass is 10.0. The smallest absolute Gasteiger partial charge is 0.141 e. The van der Waals surface area contributed by atoms with E-state index in [2.05, 4.69) is 6.58 Å². The highest BCUT2D eigenvalue weighted by Crippen LogP contribution is 2.43. The third-order valence-corrected chi connectivity index (χ3v) is 4.06. The van der Waals surface area contributed by atoms with Gasteiger partial charge in [0.15, 0.2) is 0 Å². The van der Waals surface area contributed by atoms with Crippen molar-refractivity contribution >= 4 is 0 Å². The molecule has 132 valence electrons. The summed E-state index contributed by atoms with van der Waals surface area (Å²) in [4.78, 5) is 0. The van der Waals surface area contributed by atoms with Crippen LogP contribution in [0.4, 0.5) is 0 Å². The number of hydrogen-bond acceptors (Lipinski definition) is 3. The average Bonchev–Trinajstić information content (AvgIpc) is 2.66. The summed E-state index contributed by atoms with van der Waals surface area (Å²) in [6, 6.07) is 20.7. The summed E-state index contributed by atoms with van der Waals surface area (Å²) >= 11 is 0. The van der Waals surface area contributed by atoms with Crippen molar-refractivity contribution < 1.29 is 14.6 Å². The van der Waals surface area contributed by atoms with Crippen LogP contribution in [-0.2, 0) is 12.8 Å². The molecular weight excluding hydrogens is 324 g/mol. The van der Waals surface area contributed by atoms with Crippen LogP contribution in [0, 0.1) is 0 Å². The quantitative estimate of drug-likeness (QED) is 0.513. The van der Waals surface area contributed by atoms with Gasteiger partial charge < -0.3 is 14.6 Å². The van der Waals surface area contributed by atoms with E-state index < -0.39 is 0 Å². The van der Waals surface area contributed by atoms with Crippen molar-refractivity contribution in [2.24, 2.45) is 0 Å². The lowest BCUT2D eigenvalue weighted by Gasteiger charge is -2.19. The summed E-state index contributed by atoms with van der Waals surface area (Å²) in [5.74, 6) is 2.78. The molecule has 1 N–H and O–H groups in total. The lowest BCUT2D eigenvalue weighted by Crippen LogP contribution is -2.00. The Bertz CT molecular complexity index is 871. The van der Waals surface area contributed by atoms with E-state index in [4.69, 9.17) is 9.47 Å². The molecule has 3 nitrogen and oxygen atoms in total. The number of hydrogen-bond donors (Lipinski definition) is 1. The highest BCUT2D eigenvalue weighted by Gasteiger charge is 2.20. The molecule has 0 unspecified atom stereocenters. The van der Waals surface area contributed by atoms with Crippen molar-refractivity contribution in [3.8, 4) is 28.7 Å². The third kappa shape index (κ3) is 3.89. The first-order chi connectivity index (χ1) is 12.7. The van der Waals surface area contributed by atoms with Crippen molar-refractivity contribution in [2.75, 3.05) is 0 Å². The number of allylic oxidation sites excluding steroid dienone is 1. The van der Waals surface area contributed by atoms with Crippen LogP contribution in [0.3, 0.4) is 0 Å². The Balaban J connectivity index is 2.09. The zero-order chi connectivity index (χ0) is 18.4. The molecule has 3 heteroatoms. The summed E-state index contributed by atoms with van der Waals surface area (Å²) in [5.41, 5.74) is 1.62. The molecule has 0 aliphatic carbocycles. The SMILES string of the molecule is C=CCc1c(O)cc(Oc2ccccc2)c(CC)c1Oc1ccccc1. The fraction of sp³-hybridized carbons (Fsp3) is 0.130. The van der Waals surface area contributed by atoms with Crippen LogP contribution in [-0.4, -0.2) is 5.11 Å². The highest BCUT2D eigenvalue weighted by molar-refractivity contribution is 5.59. The monoisotopic (exact) mass is 346 g/mol. The molecule has 0 aliphatic rings. The number of aromatic hydroxyl groups is 1. The number of rotatable bonds is 7. The zero-order valence-electron chi connectivity index (χ0n) is 14.8. The van der Waals surface area contributed by atoms with Gasteiger partial charge in [-0.1, -0.05) is 49.4 Å². The van der Waals surface area contributed by atoms with Gasteiger partial charge in [0.2, 0.25) is 0 Å². The maximum Gasteiger partial charge on any atom is 0.141 e. The zero-order valence-corrected chi connectivity index (χ0v) is 14.8. The van der Waals surface area contributed by atoms with Crippen LogP contribution in [0.25, 0.3) is 0 Å². The first kappa shape index (κ1) is 17.6. The summed E-state index contributed by atoms with van der Waals surface area (Å²) in [6.07, 6.45) is 2.96. The van der Waals surface area contributed by atoms with Gasteiger partial charge in [-0.3, -0.25) is 0 Å². The number of para-hydroxylation sites is 2. The second-order valence-corrected chi connectivity index (χ2v) is 5.86. The van der Waals surface area contributed by atoms with Crippen LogP contribution in [0.1, 0.15) is 18.1 Å². The molecule has 0 fully saturated rings. The fourth-order valence-electron chi connectivity index (χ4n) is 2.82. The van der Waals surface area contributed by atoms with E-state index in [1.165, 1.54) is 0 Å². The van der Waals surface area contributed by atoms with Crippen LogP contribution >= 0.6 is 0 Å². The molecule has 0 saturated heterocycles. The van der Waals surface area contributed by atoms with Gasteiger partial charge in [0.05, 0.1) is 0 Å². The summed E-state index contributed by atoms with van der Waals surface area (Å²) in [7, 11) is 0. The molecule has 3 aromatic rings. The first-order valence-corrected chi connectivity index (χ1v) is 8.67. The number of ether oxygens (including phenoxy) is 2. The van der Waals surface area contributed by atoms with Gasteiger partial charge in [0, 0.05) is 17.2 Å². The normalized spacial score (nSPS) is 10.3. The Kier molecular flexibility index (Phi) is 5.59. The van der Waals surface area contributed by atoms with Crippen molar-refractivity contribution in [1.29, 1.82) is 0 Å². The first-order valence-electron chi connectivity index (χ1n) is 8.67. The highest BCUT2D eigenvalue weighted by atomic mass is 16.5. The predicted molar refractivity (Wildman–Crippen MR) is 104 cm³/mol. The van der Waals surface area contributed by atoms with E-state index in [1.807, 2.05) is 67.6 Å². The topological polar surface area (TPSA) is 38.7 Å². The van der Waals surface area contributed by atoms with E-state index in [9.17, 15) is 5.11 Å². The molecule has 0 atom stereocenters. The molecule has 3 rings (SSSR count). The summed E-state index contributed by atoms with van der Waals surface area (Å²) in [6.45, 7) is 5.83. The standard InChI is InChI=1S/C23H22O3/c1-3-11-20-21(24)16-22(25-17-12-7-5-8-13-17)19(4-2)23(20)26-18-14-9-6-10-15-18/h3,5-10,12-16,24H,1,4,11H2,2H3. The van der Waals surface area contributed by atoms with Crippen LogP contribution in [0.15, 0.2) is 79.4 Å². The van der Waals surface area contributed by atoms with Gasteiger partial charge in [-0.15, -0.1) is 6.58 Å². The van der Waals surface area contributed by atoms with Crippen LogP contribution in [0.5, 0.6) is 28.7 Å². The minimum atomic E-state index is 0.138. The molecule has 0 amide bonds. The third-order valence-electron chi connectivity index (χ3n) is 4.06. The van der Waals surface area contributed by atoms with Gasteiger partial charge in [0.1, 0.15) is 28.7 Å². The Labute approximate surface area is 154 Å². The maximum atomic E-state index is 10.6. The maximum absolute atomic E-state index is 10.6. The number of phenols is 1. The van der Waals surface area contributed by atoms with Crippen molar-refractivity contribution in [2.45, 2.75) is 19.8 Å². The molecule has 0 aliphatic heterocycles. The Morgan fingerprint density at radius 2 is 1.46 bits per heavy atom. The van der Waals surface area contributed by atoms with Gasteiger partial charge in [-0.25, -0.2) is 0 Å². The van der Waals surface area contributed by atoms with Crippen molar-refractivity contribution in [3.63, 3.8) is 0 Å². The van der Waals surface area contributed by atoms with Crippen LogP contribution < -0.4 is 9.47 Å². The fourth-order valence-corrected chi connectivity index (χ4v) is 2.82. The van der Waals surface area contributed by atoms with Crippen molar-refractivity contribution in [1.82, 2.24) is 0 Å². The molecule has 0 saturated carbocycles. The molecule has 0 radical (unpaired) electrons. The van der Waals surface area contributed by atoms with Crippen molar-refractivity contribution in [3.05, 3.63) is 90.5 Å². The van der Waals surface area contributed by atoms with Gasteiger partial charge >= 0.3 is 0 Å². The number of phenolic OH excluding ortho intramolecular Hbond substituents is 1. The minimum Gasteiger partial charge on any atom is -0.507 e. The Morgan fingerprint density at radius 1 is 0.885 bits per heavy atom. The van der Waals surface area contributed by atoms with E-state index in [0.717, 1.165) is 5.56 Å². The van der Waals surface area contributed by atoms with E-state index in [0.29, 0.717) is 41.4 Å². The molecule has 0 spiro atoms. The van der Waals surface area contributed by atoms with E-state index in [1.54, 1.807) is 12.1 Å². The second-order valence-electron chi connectivity index (χ2n) is 5.86. The minimum absolute atomic E-state index is 0.138. The molecule has 0 bridgehead atoms. The van der Waals surface area contributed by atoms with E-state index >= 15 is 0 Å². The Morgan fingerprint density at radius 3 is 2.00 bits per heavy atom. The number of benzene rings is 3. The van der Waals surface area contributed by atoms with Crippen LogP contribution in [0.2, 0.25) is 0 Å². The second kappa shape index (κ2) is 8.26. The molecule has 0 heterocycles. The Hall–Kier alpha value is -3.20. The average molecular weight is 346 g/mol.